The Morgan fingerprint density at radius 2 is 1.16 bits per heavy atom. The molecule has 0 saturated heterocycles. The van der Waals surface area contributed by atoms with E-state index in [0.29, 0.717) is 0 Å². The Hall–Kier alpha value is -5.94. The highest BCUT2D eigenvalue weighted by molar-refractivity contribution is 6.16. The van der Waals surface area contributed by atoms with Gasteiger partial charge in [-0.3, -0.25) is 13.7 Å². The lowest BCUT2D eigenvalue weighted by atomic mass is 9.87. The molecule has 0 N–H and O–H groups in total. The average molecular weight is 636 g/mol. The van der Waals surface area contributed by atoms with Crippen LogP contribution in [0.1, 0.15) is 37.5 Å². The molecular weight excluding hydrogens is 599 g/mol. The van der Waals surface area contributed by atoms with E-state index in [9.17, 15) is 0 Å². The van der Waals surface area contributed by atoms with E-state index >= 15 is 0 Å². The summed E-state index contributed by atoms with van der Waals surface area (Å²) in [6.07, 6.45) is 3.92. The highest BCUT2D eigenvalue weighted by Crippen LogP contribution is 2.39. The van der Waals surface area contributed by atoms with E-state index in [2.05, 4.69) is 170 Å². The minimum Gasteiger partial charge on any atom is -0.294 e. The second kappa shape index (κ2) is 10.8. The SMILES string of the molecule is Cc1ccc2c(c1)c1cc3c4cc(C)ccc4n(-c4nccn4-c4ccc(C(C)(C)C)cc4)c3nc1n2-c1cccc(-c2ccccc2)c1. The molecule has 0 aliphatic rings. The fourth-order valence-electron chi connectivity index (χ4n) is 7.28. The third-order valence-corrected chi connectivity index (χ3v) is 9.82. The van der Waals surface area contributed by atoms with Gasteiger partial charge in [0.05, 0.1) is 11.0 Å². The van der Waals surface area contributed by atoms with Crippen LogP contribution in [0.4, 0.5) is 0 Å². The summed E-state index contributed by atoms with van der Waals surface area (Å²) in [6.45, 7) is 11.1. The number of pyridine rings is 1. The van der Waals surface area contributed by atoms with Gasteiger partial charge >= 0.3 is 0 Å². The van der Waals surface area contributed by atoms with Gasteiger partial charge in [-0.15, -0.1) is 0 Å². The Morgan fingerprint density at radius 3 is 1.84 bits per heavy atom. The van der Waals surface area contributed by atoms with Gasteiger partial charge in [0.15, 0.2) is 0 Å². The van der Waals surface area contributed by atoms with Crippen LogP contribution in [0.25, 0.3) is 72.3 Å². The van der Waals surface area contributed by atoms with Crippen molar-refractivity contribution in [3.63, 3.8) is 0 Å². The zero-order valence-electron chi connectivity index (χ0n) is 28.4. The largest absolute Gasteiger partial charge is 0.294 e. The molecule has 0 spiro atoms. The number of hydrogen-bond acceptors (Lipinski definition) is 2. The predicted molar refractivity (Wildman–Crippen MR) is 204 cm³/mol. The van der Waals surface area contributed by atoms with Gasteiger partial charge in [0.25, 0.3) is 0 Å². The molecule has 5 aromatic carbocycles. The maximum atomic E-state index is 5.60. The van der Waals surface area contributed by atoms with Crippen molar-refractivity contribution in [1.82, 2.24) is 23.7 Å². The number of benzene rings is 5. The van der Waals surface area contributed by atoms with Crippen molar-refractivity contribution in [1.29, 1.82) is 0 Å². The molecule has 5 nitrogen and oxygen atoms in total. The van der Waals surface area contributed by atoms with Gasteiger partial charge in [0, 0.05) is 45.3 Å². The molecule has 4 heterocycles. The van der Waals surface area contributed by atoms with Crippen LogP contribution < -0.4 is 0 Å². The van der Waals surface area contributed by atoms with E-state index in [0.717, 1.165) is 50.4 Å². The van der Waals surface area contributed by atoms with Crippen LogP contribution in [0.3, 0.4) is 0 Å². The molecule has 0 radical (unpaired) electrons. The summed E-state index contributed by atoms with van der Waals surface area (Å²) in [5.74, 6) is 0.809. The minimum absolute atomic E-state index is 0.0773. The van der Waals surface area contributed by atoms with Gasteiger partial charge in [0.2, 0.25) is 5.95 Å². The van der Waals surface area contributed by atoms with Gasteiger partial charge < -0.3 is 0 Å². The van der Waals surface area contributed by atoms with Gasteiger partial charge in [-0.05, 0) is 90.6 Å². The maximum Gasteiger partial charge on any atom is 0.220 e. The molecule has 0 atom stereocenters. The van der Waals surface area contributed by atoms with Crippen molar-refractivity contribution in [2.24, 2.45) is 0 Å². The molecular formula is C44H37N5. The normalized spacial score (nSPS) is 12.2. The Kier molecular flexibility index (Phi) is 6.44. The first-order valence-corrected chi connectivity index (χ1v) is 16.9. The molecule has 0 aliphatic carbocycles. The number of aromatic nitrogens is 5. The number of hydrogen-bond donors (Lipinski definition) is 0. The lowest BCUT2D eigenvalue weighted by Gasteiger charge is -2.19. The van der Waals surface area contributed by atoms with Crippen LogP contribution in [0, 0.1) is 13.8 Å². The second-order valence-electron chi connectivity index (χ2n) is 14.3. The first-order chi connectivity index (χ1) is 23.7. The van der Waals surface area contributed by atoms with E-state index in [4.69, 9.17) is 9.97 Å². The van der Waals surface area contributed by atoms with Crippen LogP contribution in [0.2, 0.25) is 0 Å². The van der Waals surface area contributed by atoms with Crippen molar-refractivity contribution in [3.8, 4) is 28.5 Å². The Bertz CT molecular complexity index is 2700. The van der Waals surface area contributed by atoms with Crippen LogP contribution >= 0.6 is 0 Å². The summed E-state index contributed by atoms with van der Waals surface area (Å²) in [6, 6.07) is 43.9. The fraction of sp³-hybridized carbons (Fsp3) is 0.136. The van der Waals surface area contributed by atoms with Gasteiger partial charge in [-0.2, -0.15) is 0 Å². The zero-order valence-corrected chi connectivity index (χ0v) is 28.4. The first-order valence-electron chi connectivity index (χ1n) is 16.9. The summed E-state index contributed by atoms with van der Waals surface area (Å²) >= 11 is 0. The van der Waals surface area contributed by atoms with Crippen LogP contribution in [-0.4, -0.2) is 23.7 Å². The molecule has 5 heteroatoms. The molecule has 9 rings (SSSR count). The van der Waals surface area contributed by atoms with Crippen LogP contribution in [0.15, 0.2) is 134 Å². The van der Waals surface area contributed by atoms with Crippen LogP contribution in [0.5, 0.6) is 0 Å². The Labute approximate surface area is 285 Å². The summed E-state index contributed by atoms with van der Waals surface area (Å²) in [7, 11) is 0. The summed E-state index contributed by atoms with van der Waals surface area (Å²) in [5.41, 5.74) is 12.3. The van der Waals surface area contributed by atoms with E-state index in [1.165, 1.54) is 38.6 Å². The Morgan fingerprint density at radius 1 is 0.531 bits per heavy atom. The summed E-state index contributed by atoms with van der Waals surface area (Å²) in [5, 5.41) is 4.62. The van der Waals surface area contributed by atoms with E-state index in [1.807, 2.05) is 12.4 Å². The number of rotatable bonds is 4. The number of nitrogens with zero attached hydrogens (tertiary/aromatic N) is 5. The topological polar surface area (TPSA) is 40.6 Å². The standard InChI is InChI=1S/C44H37N5/c1-28-14-20-39-35(24-28)37-27-38-36-25-29(2)15-21-40(36)49(43-45-22-23-47(43)33-18-16-32(17-19-33)44(3,4)5)42(38)46-41(37)48(39)34-13-9-12-31(26-34)30-10-7-6-8-11-30/h6-27H,1-5H3. The maximum absolute atomic E-state index is 5.60. The van der Waals surface area contributed by atoms with E-state index in [-0.39, 0.29) is 5.41 Å². The van der Waals surface area contributed by atoms with E-state index in [1.54, 1.807) is 0 Å². The molecule has 0 fully saturated rings. The second-order valence-corrected chi connectivity index (χ2v) is 14.3. The molecule has 0 unspecified atom stereocenters. The summed E-state index contributed by atoms with van der Waals surface area (Å²) in [4.78, 5) is 10.6. The predicted octanol–water partition coefficient (Wildman–Crippen LogP) is 11.0. The van der Waals surface area contributed by atoms with Crippen molar-refractivity contribution >= 4 is 43.9 Å². The first kappa shape index (κ1) is 29.2. The minimum atomic E-state index is 0.0773. The molecule has 49 heavy (non-hydrogen) atoms. The molecule has 0 bridgehead atoms. The average Bonchev–Trinajstić information content (AvgIpc) is 3.79. The third-order valence-electron chi connectivity index (χ3n) is 9.82. The highest BCUT2D eigenvalue weighted by atomic mass is 15.3. The zero-order chi connectivity index (χ0) is 33.4. The van der Waals surface area contributed by atoms with Gasteiger partial charge in [-0.25, -0.2) is 9.97 Å². The smallest absolute Gasteiger partial charge is 0.220 e. The fourth-order valence-corrected chi connectivity index (χ4v) is 7.28. The highest BCUT2D eigenvalue weighted by Gasteiger charge is 2.22. The number of aryl methyl sites for hydroxylation is 2. The molecule has 238 valence electrons. The quantitative estimate of drug-likeness (QED) is 0.193. The molecule has 0 saturated carbocycles. The third kappa shape index (κ3) is 4.68. The molecule has 0 aliphatic heterocycles. The molecule has 0 amide bonds. The van der Waals surface area contributed by atoms with Gasteiger partial charge in [-0.1, -0.05) is 98.6 Å². The molecule has 4 aromatic heterocycles. The van der Waals surface area contributed by atoms with Gasteiger partial charge in [0.1, 0.15) is 11.3 Å². The lowest BCUT2D eigenvalue weighted by Crippen LogP contribution is -2.11. The molecule has 9 aromatic rings. The summed E-state index contributed by atoms with van der Waals surface area (Å²) < 4.78 is 6.72. The number of imidazole rings is 1. The van der Waals surface area contributed by atoms with Crippen molar-refractivity contribution in [2.45, 2.75) is 40.0 Å². The van der Waals surface area contributed by atoms with Crippen LogP contribution in [-0.2, 0) is 5.41 Å². The van der Waals surface area contributed by atoms with Crippen molar-refractivity contribution in [3.05, 3.63) is 150 Å². The number of fused-ring (bicyclic) bond motifs is 6. The monoisotopic (exact) mass is 635 g/mol. The van der Waals surface area contributed by atoms with E-state index < -0.39 is 0 Å². The van der Waals surface area contributed by atoms with Crippen molar-refractivity contribution < 1.29 is 0 Å². The Balaban J connectivity index is 1.35. The van der Waals surface area contributed by atoms with Crippen molar-refractivity contribution in [2.75, 3.05) is 0 Å². The lowest BCUT2D eigenvalue weighted by molar-refractivity contribution is 0.590.